The normalized spacial score (nSPS) is 24.8. The molecule has 3 amide bonds. The number of halogens is 1. The van der Waals surface area contributed by atoms with Gasteiger partial charge in [0.1, 0.15) is 23.5 Å². The van der Waals surface area contributed by atoms with Crippen molar-refractivity contribution in [3.05, 3.63) is 35.6 Å². The molecule has 1 aromatic rings. The topological polar surface area (TPSA) is 106 Å². The lowest BCUT2D eigenvalue weighted by molar-refractivity contribution is -0.144. The number of hydrogen-bond acceptors (Lipinski definition) is 6. The summed E-state index contributed by atoms with van der Waals surface area (Å²) in [6, 6.07) is 6.39. The summed E-state index contributed by atoms with van der Waals surface area (Å²) in [5, 5.41) is 12.2. The number of ether oxygens (including phenoxy) is 1. The molecule has 0 radical (unpaired) electrons. The fourth-order valence-corrected chi connectivity index (χ4v) is 5.83. The highest BCUT2D eigenvalue weighted by atomic mass is 19.1. The van der Waals surface area contributed by atoms with Gasteiger partial charge in [0.05, 0.1) is 17.6 Å². The minimum Gasteiger partial charge on any atom is -0.444 e. The number of piperazine rings is 1. The molecule has 1 aromatic carbocycles. The maximum atomic E-state index is 13.5. The predicted octanol–water partition coefficient (Wildman–Crippen LogP) is 2.75. The molecule has 3 heterocycles. The quantitative estimate of drug-likeness (QED) is 0.627. The zero-order valence-corrected chi connectivity index (χ0v) is 22.2. The van der Waals surface area contributed by atoms with Gasteiger partial charge in [-0.15, -0.1) is 0 Å². The van der Waals surface area contributed by atoms with E-state index in [0.29, 0.717) is 25.9 Å². The maximum absolute atomic E-state index is 13.5. The molecular formula is C27H36FN5O4. The predicted molar refractivity (Wildman–Crippen MR) is 134 cm³/mol. The summed E-state index contributed by atoms with van der Waals surface area (Å²) in [4.78, 5) is 45.0. The summed E-state index contributed by atoms with van der Waals surface area (Å²) in [7, 11) is 0. The Balaban J connectivity index is 1.50. The monoisotopic (exact) mass is 513 g/mol. The van der Waals surface area contributed by atoms with Crippen LogP contribution in [0.4, 0.5) is 9.18 Å². The zero-order valence-electron chi connectivity index (χ0n) is 22.2. The van der Waals surface area contributed by atoms with Gasteiger partial charge in [0.2, 0.25) is 11.8 Å². The van der Waals surface area contributed by atoms with Crippen LogP contribution in [0, 0.1) is 17.1 Å². The largest absolute Gasteiger partial charge is 0.444 e. The van der Waals surface area contributed by atoms with E-state index in [4.69, 9.17) is 4.74 Å². The van der Waals surface area contributed by atoms with Gasteiger partial charge >= 0.3 is 6.09 Å². The molecule has 1 N–H and O–H groups in total. The number of fused-ring (bicyclic) bond motifs is 2. The molecule has 10 heteroatoms. The number of rotatable bonds is 6. The van der Waals surface area contributed by atoms with Crippen LogP contribution in [-0.2, 0) is 19.9 Å². The molecule has 3 aliphatic heterocycles. The number of alkyl carbamates (subject to hydrolysis) is 1. The molecule has 3 saturated heterocycles. The number of carbonyl (C=O) groups excluding carboxylic acids is 3. The first kappa shape index (κ1) is 26.9. The van der Waals surface area contributed by atoms with Crippen molar-refractivity contribution >= 4 is 17.9 Å². The molecule has 3 fully saturated rings. The molecule has 0 aromatic heterocycles. The fourth-order valence-electron chi connectivity index (χ4n) is 5.83. The summed E-state index contributed by atoms with van der Waals surface area (Å²) >= 11 is 0. The molecule has 3 unspecified atom stereocenters. The highest BCUT2D eigenvalue weighted by Crippen LogP contribution is 2.41. The van der Waals surface area contributed by atoms with Gasteiger partial charge in [0, 0.05) is 25.7 Å². The maximum Gasteiger partial charge on any atom is 0.408 e. The molecule has 3 aliphatic rings. The van der Waals surface area contributed by atoms with Crippen LogP contribution in [0.1, 0.15) is 59.4 Å². The second-order valence-corrected chi connectivity index (χ2v) is 11.7. The van der Waals surface area contributed by atoms with Crippen molar-refractivity contribution < 1.29 is 23.5 Å². The zero-order chi connectivity index (χ0) is 27.1. The third kappa shape index (κ3) is 5.42. The van der Waals surface area contributed by atoms with E-state index in [-0.39, 0.29) is 30.2 Å². The van der Waals surface area contributed by atoms with Crippen LogP contribution in [0.3, 0.4) is 0 Å². The summed E-state index contributed by atoms with van der Waals surface area (Å²) < 4.78 is 18.9. The minimum atomic E-state index is -0.950. The number of likely N-dealkylation sites (tertiary alicyclic amines) is 3. The smallest absolute Gasteiger partial charge is 0.408 e. The second-order valence-electron chi connectivity index (χ2n) is 11.7. The lowest BCUT2D eigenvalue weighted by atomic mass is 9.91. The van der Waals surface area contributed by atoms with E-state index < -0.39 is 35.4 Å². The van der Waals surface area contributed by atoms with E-state index in [1.165, 1.54) is 17.0 Å². The molecule has 0 aliphatic carbocycles. The Bertz CT molecular complexity index is 1090. The third-order valence-electron chi connectivity index (χ3n) is 7.51. The molecule has 2 bridgehead atoms. The van der Waals surface area contributed by atoms with Gasteiger partial charge in [0.15, 0.2) is 0 Å². The molecule has 4 rings (SSSR count). The highest BCUT2D eigenvalue weighted by Gasteiger charge is 2.55. The van der Waals surface area contributed by atoms with Gasteiger partial charge in [0.25, 0.3) is 0 Å². The first-order valence-electron chi connectivity index (χ1n) is 12.8. The average molecular weight is 514 g/mol. The molecule has 37 heavy (non-hydrogen) atoms. The van der Waals surface area contributed by atoms with Gasteiger partial charge in [-0.3, -0.25) is 14.5 Å². The molecule has 200 valence electrons. The van der Waals surface area contributed by atoms with Crippen LogP contribution in [0.15, 0.2) is 24.3 Å². The van der Waals surface area contributed by atoms with Crippen LogP contribution in [0.5, 0.6) is 0 Å². The lowest BCUT2D eigenvalue weighted by Crippen LogP contribution is -2.61. The van der Waals surface area contributed by atoms with Gasteiger partial charge in [-0.1, -0.05) is 12.1 Å². The van der Waals surface area contributed by atoms with Gasteiger partial charge in [-0.25, -0.2) is 9.18 Å². The number of nitrogens with zero attached hydrogens (tertiary/aromatic N) is 4. The number of carbonyl (C=O) groups is 3. The summed E-state index contributed by atoms with van der Waals surface area (Å²) in [6.07, 6.45) is 1.22. The number of amides is 3. The Hall–Kier alpha value is -3.19. The van der Waals surface area contributed by atoms with E-state index in [0.717, 1.165) is 12.0 Å². The van der Waals surface area contributed by atoms with Crippen molar-refractivity contribution in [3.8, 4) is 6.07 Å². The summed E-state index contributed by atoms with van der Waals surface area (Å²) in [5.74, 6) is -0.719. The minimum absolute atomic E-state index is 0.0508. The Morgan fingerprint density at radius 1 is 1.22 bits per heavy atom. The van der Waals surface area contributed by atoms with Crippen molar-refractivity contribution in [2.24, 2.45) is 0 Å². The van der Waals surface area contributed by atoms with E-state index >= 15 is 0 Å². The van der Waals surface area contributed by atoms with E-state index in [9.17, 15) is 24.0 Å². The Labute approximate surface area is 217 Å². The Morgan fingerprint density at radius 2 is 1.89 bits per heavy atom. The summed E-state index contributed by atoms with van der Waals surface area (Å²) in [6.45, 7) is 10.3. The molecule has 0 saturated carbocycles. The van der Waals surface area contributed by atoms with Gasteiger partial charge < -0.3 is 19.9 Å². The van der Waals surface area contributed by atoms with Gasteiger partial charge in [-0.2, -0.15) is 5.26 Å². The standard InChI is InChI=1S/C27H36FN5O4/c1-26(2,3)37-25(36)30-21(23(34)32-12-6-7-19(32)14-29)16-31-15-20-13-22(31)24(35)33(20)27(4,5)17-8-10-18(28)11-9-17/h8-11,19-22H,6-7,12-13,15-16H2,1-5H3,(H,30,36)/t19?,20-,21?,22?/m0/s1. The van der Waals surface area contributed by atoms with Crippen LogP contribution in [0.2, 0.25) is 0 Å². The summed E-state index contributed by atoms with van der Waals surface area (Å²) in [5.41, 5.74) is -0.525. The van der Waals surface area contributed by atoms with Crippen molar-refractivity contribution in [1.82, 2.24) is 20.0 Å². The van der Waals surface area contributed by atoms with Crippen LogP contribution >= 0.6 is 0 Å². The number of hydrogen-bond donors (Lipinski definition) is 1. The third-order valence-corrected chi connectivity index (χ3v) is 7.51. The molecule has 0 spiro atoms. The Morgan fingerprint density at radius 3 is 2.49 bits per heavy atom. The van der Waals surface area contributed by atoms with Crippen LogP contribution in [0.25, 0.3) is 0 Å². The molecule has 4 atom stereocenters. The highest BCUT2D eigenvalue weighted by molar-refractivity contribution is 5.88. The number of nitriles is 1. The van der Waals surface area contributed by atoms with Crippen molar-refractivity contribution in [2.45, 2.75) is 89.2 Å². The van der Waals surface area contributed by atoms with Gasteiger partial charge in [-0.05, 0) is 71.6 Å². The van der Waals surface area contributed by atoms with Crippen LogP contribution < -0.4 is 5.32 Å². The number of nitrogens with one attached hydrogen (secondary N) is 1. The van der Waals surface area contributed by atoms with Crippen LogP contribution in [-0.4, -0.2) is 82.0 Å². The second kappa shape index (κ2) is 9.93. The van der Waals surface area contributed by atoms with Crippen molar-refractivity contribution in [1.29, 1.82) is 5.26 Å². The van der Waals surface area contributed by atoms with Crippen molar-refractivity contribution in [2.75, 3.05) is 19.6 Å². The van der Waals surface area contributed by atoms with E-state index in [1.54, 1.807) is 32.9 Å². The van der Waals surface area contributed by atoms with E-state index in [1.807, 2.05) is 23.6 Å². The van der Waals surface area contributed by atoms with Crippen molar-refractivity contribution in [3.63, 3.8) is 0 Å². The Kier molecular flexibility index (Phi) is 7.21. The van der Waals surface area contributed by atoms with E-state index in [2.05, 4.69) is 11.4 Å². The average Bonchev–Trinajstić information content (AvgIpc) is 3.51. The lowest BCUT2D eigenvalue weighted by Gasteiger charge is -2.44. The first-order valence-corrected chi connectivity index (χ1v) is 12.8. The number of benzene rings is 1. The first-order chi connectivity index (χ1) is 17.3. The molecule has 9 nitrogen and oxygen atoms in total. The fraction of sp³-hybridized carbons (Fsp3) is 0.630. The SMILES string of the molecule is CC(C)(C)OC(=O)NC(CN1C[C@@H]2CC1C(=O)N2C(C)(C)c1ccc(F)cc1)C(=O)N1CCCC1C#N. The molecular weight excluding hydrogens is 477 g/mol.